The van der Waals surface area contributed by atoms with Crippen molar-refractivity contribution in [2.75, 3.05) is 11.9 Å². The first-order valence-electron chi connectivity index (χ1n) is 5.69. The van der Waals surface area contributed by atoms with Crippen LogP contribution in [0.15, 0.2) is 23.1 Å². The van der Waals surface area contributed by atoms with Gasteiger partial charge in [-0.1, -0.05) is 29.8 Å². The number of sulfonamides is 1. The van der Waals surface area contributed by atoms with Crippen LogP contribution in [0.1, 0.15) is 20.3 Å². The van der Waals surface area contributed by atoms with E-state index in [0.29, 0.717) is 6.07 Å². The average molecular weight is 356 g/mol. The molecule has 3 nitrogen and oxygen atoms in total. The van der Waals surface area contributed by atoms with Crippen LogP contribution in [-0.4, -0.2) is 20.3 Å². The summed E-state index contributed by atoms with van der Waals surface area (Å²) in [5.74, 6) is -2.25. The second-order valence-electron chi connectivity index (χ2n) is 5.00. The molecule has 0 fully saturated rings. The third kappa shape index (κ3) is 4.81. The van der Waals surface area contributed by atoms with Gasteiger partial charge in [-0.15, -0.1) is 0 Å². The molecule has 0 atom stereocenters. The number of hydrogen-bond acceptors (Lipinski definition) is 2. The Balaban J connectivity index is 2.84. The average Bonchev–Trinajstić information content (AvgIpc) is 2.30. The van der Waals surface area contributed by atoms with E-state index in [0.717, 1.165) is 23.9 Å². The van der Waals surface area contributed by atoms with Gasteiger partial charge in [-0.3, -0.25) is 0 Å². The van der Waals surface area contributed by atoms with Gasteiger partial charge in [-0.2, -0.15) is 0 Å². The van der Waals surface area contributed by atoms with Gasteiger partial charge in [0.05, 0.1) is 4.90 Å². The molecule has 1 aromatic carbocycles. The van der Waals surface area contributed by atoms with E-state index in [2.05, 4.69) is 20.7 Å². The fourth-order valence-corrected chi connectivity index (χ4v) is 3.69. The van der Waals surface area contributed by atoms with Crippen molar-refractivity contribution in [3.05, 3.63) is 29.8 Å². The van der Waals surface area contributed by atoms with E-state index in [1.165, 1.54) is 0 Å². The zero-order valence-electron chi connectivity index (χ0n) is 10.7. The van der Waals surface area contributed by atoms with Gasteiger partial charge in [0.25, 0.3) is 0 Å². The summed E-state index contributed by atoms with van der Waals surface area (Å²) in [6, 6.07) is 2.51. The highest BCUT2D eigenvalue weighted by Crippen LogP contribution is 2.21. The fourth-order valence-electron chi connectivity index (χ4n) is 1.36. The van der Waals surface area contributed by atoms with Crippen LogP contribution in [0.3, 0.4) is 0 Å². The van der Waals surface area contributed by atoms with E-state index in [9.17, 15) is 17.2 Å². The lowest BCUT2D eigenvalue weighted by molar-refractivity contribution is 0.354. The molecule has 1 N–H and O–H groups in total. The highest BCUT2D eigenvalue weighted by atomic mass is 79.9. The van der Waals surface area contributed by atoms with Crippen LogP contribution in [0.4, 0.5) is 8.78 Å². The van der Waals surface area contributed by atoms with Crippen LogP contribution in [-0.2, 0) is 10.0 Å². The number of nitrogens with one attached hydrogen (secondary N) is 1. The van der Waals surface area contributed by atoms with Crippen molar-refractivity contribution in [1.29, 1.82) is 0 Å². The van der Waals surface area contributed by atoms with Crippen LogP contribution in [0.2, 0.25) is 0 Å². The molecule has 1 rings (SSSR count). The molecule has 0 aliphatic carbocycles. The largest absolute Gasteiger partial charge is 0.240 e. The SMILES string of the molecule is CC(C)(CCBr)CNS(=O)(=O)c1ccc(F)c(F)c1. The maximum atomic E-state index is 13.0. The van der Waals surface area contributed by atoms with E-state index < -0.39 is 21.7 Å². The Morgan fingerprint density at radius 2 is 1.89 bits per heavy atom. The molecule has 0 radical (unpaired) electrons. The summed E-state index contributed by atoms with van der Waals surface area (Å²) in [4.78, 5) is -0.277. The molecule has 108 valence electrons. The van der Waals surface area contributed by atoms with Crippen molar-refractivity contribution in [3.63, 3.8) is 0 Å². The van der Waals surface area contributed by atoms with Crippen LogP contribution in [0.5, 0.6) is 0 Å². The first kappa shape index (κ1) is 16.5. The van der Waals surface area contributed by atoms with E-state index in [4.69, 9.17) is 0 Å². The van der Waals surface area contributed by atoms with E-state index >= 15 is 0 Å². The van der Waals surface area contributed by atoms with Gasteiger partial charge in [0.15, 0.2) is 11.6 Å². The van der Waals surface area contributed by atoms with Gasteiger partial charge in [-0.05, 0) is 30.0 Å². The van der Waals surface area contributed by atoms with Gasteiger partial charge in [-0.25, -0.2) is 21.9 Å². The molecule has 0 saturated heterocycles. The van der Waals surface area contributed by atoms with Gasteiger partial charge >= 0.3 is 0 Å². The zero-order valence-corrected chi connectivity index (χ0v) is 13.1. The Labute approximate surface area is 120 Å². The molecule has 0 bridgehead atoms. The van der Waals surface area contributed by atoms with Crippen molar-refractivity contribution in [2.24, 2.45) is 5.41 Å². The lowest BCUT2D eigenvalue weighted by Crippen LogP contribution is -2.34. The summed E-state index contributed by atoms with van der Waals surface area (Å²) in [6.07, 6.45) is 0.785. The molecular weight excluding hydrogens is 340 g/mol. The Hall–Kier alpha value is -0.530. The predicted octanol–water partition coefficient (Wildman–Crippen LogP) is 3.05. The second-order valence-corrected chi connectivity index (χ2v) is 7.56. The van der Waals surface area contributed by atoms with Gasteiger partial charge in [0, 0.05) is 11.9 Å². The molecule has 0 heterocycles. The van der Waals surface area contributed by atoms with Crippen molar-refractivity contribution < 1.29 is 17.2 Å². The molecule has 0 aromatic heterocycles. The maximum Gasteiger partial charge on any atom is 0.240 e. The molecular formula is C12H16BrF2NO2S. The predicted molar refractivity (Wildman–Crippen MR) is 73.7 cm³/mol. The quantitative estimate of drug-likeness (QED) is 0.797. The van der Waals surface area contributed by atoms with Crippen LogP contribution in [0.25, 0.3) is 0 Å². The second kappa shape index (κ2) is 6.28. The summed E-state index contributed by atoms with van der Waals surface area (Å²) >= 11 is 3.30. The number of rotatable bonds is 6. The topological polar surface area (TPSA) is 46.2 Å². The van der Waals surface area contributed by atoms with Crippen molar-refractivity contribution >= 4 is 26.0 Å². The molecule has 7 heteroatoms. The highest BCUT2D eigenvalue weighted by molar-refractivity contribution is 9.09. The monoisotopic (exact) mass is 355 g/mol. The molecule has 0 aliphatic heterocycles. The molecule has 0 saturated carbocycles. The Morgan fingerprint density at radius 1 is 1.26 bits per heavy atom. The standard InChI is InChI=1S/C12H16BrF2NO2S/c1-12(2,5-6-13)8-16-19(17,18)9-3-4-10(14)11(15)7-9/h3-4,7,16H,5-6,8H2,1-2H3. The molecule has 1 aromatic rings. The molecule has 0 aliphatic rings. The highest BCUT2D eigenvalue weighted by Gasteiger charge is 2.22. The summed E-state index contributed by atoms with van der Waals surface area (Å²) < 4.78 is 52.1. The Morgan fingerprint density at radius 3 is 2.42 bits per heavy atom. The normalized spacial score (nSPS) is 12.7. The summed E-state index contributed by atoms with van der Waals surface area (Å²) in [5.41, 5.74) is -0.227. The first-order chi connectivity index (χ1) is 8.68. The summed E-state index contributed by atoms with van der Waals surface area (Å²) in [7, 11) is -3.82. The fraction of sp³-hybridized carbons (Fsp3) is 0.500. The van der Waals surface area contributed by atoms with Gasteiger partial charge < -0.3 is 0 Å². The Bertz CT molecular complexity index is 547. The van der Waals surface area contributed by atoms with Crippen LogP contribution < -0.4 is 4.72 Å². The smallest absolute Gasteiger partial charge is 0.211 e. The third-order valence-electron chi connectivity index (χ3n) is 2.71. The number of benzene rings is 1. The van der Waals surface area contributed by atoms with E-state index in [1.54, 1.807) is 0 Å². The van der Waals surface area contributed by atoms with Gasteiger partial charge in [0.2, 0.25) is 10.0 Å². The lowest BCUT2D eigenvalue weighted by atomic mass is 9.91. The van der Waals surface area contributed by atoms with Crippen molar-refractivity contribution in [2.45, 2.75) is 25.2 Å². The molecule has 19 heavy (non-hydrogen) atoms. The summed E-state index contributed by atoms with van der Waals surface area (Å²) in [5, 5.41) is 0.757. The summed E-state index contributed by atoms with van der Waals surface area (Å²) in [6.45, 7) is 4.06. The maximum absolute atomic E-state index is 13.0. The minimum absolute atomic E-state index is 0.222. The van der Waals surface area contributed by atoms with Crippen LogP contribution in [0, 0.1) is 17.0 Å². The number of alkyl halides is 1. The van der Waals surface area contributed by atoms with Gasteiger partial charge in [0.1, 0.15) is 0 Å². The number of halogens is 3. The first-order valence-corrected chi connectivity index (χ1v) is 8.29. The van der Waals surface area contributed by atoms with E-state index in [1.807, 2.05) is 13.8 Å². The molecule has 0 spiro atoms. The minimum atomic E-state index is -3.82. The molecule has 0 amide bonds. The van der Waals surface area contributed by atoms with Crippen LogP contribution >= 0.6 is 15.9 Å². The third-order valence-corrected chi connectivity index (χ3v) is 4.51. The minimum Gasteiger partial charge on any atom is -0.211 e. The number of hydrogen-bond donors (Lipinski definition) is 1. The lowest BCUT2D eigenvalue weighted by Gasteiger charge is -2.23. The molecule has 0 unspecified atom stereocenters. The zero-order chi connectivity index (χ0) is 14.7. The van der Waals surface area contributed by atoms with Crippen molar-refractivity contribution in [1.82, 2.24) is 4.72 Å². The van der Waals surface area contributed by atoms with E-state index in [-0.39, 0.29) is 16.9 Å². The van der Waals surface area contributed by atoms with Crippen molar-refractivity contribution in [3.8, 4) is 0 Å². The Kier molecular flexibility index (Phi) is 5.46.